The first-order valence-electron chi connectivity index (χ1n) is 6.04. The second-order valence-electron chi connectivity index (χ2n) is 4.34. The number of hydrogen-bond acceptors (Lipinski definition) is 7. The van der Waals surface area contributed by atoms with E-state index in [2.05, 4.69) is 0 Å². The first kappa shape index (κ1) is 16.4. The maximum absolute atomic E-state index is 13.8. The topological polar surface area (TPSA) is 88.1 Å². The summed E-state index contributed by atoms with van der Waals surface area (Å²) in [7, 11) is 0. The van der Waals surface area contributed by atoms with E-state index in [4.69, 9.17) is 18.9 Å². The molecule has 4 atom stereocenters. The van der Waals surface area contributed by atoms with Gasteiger partial charge in [-0.15, -0.1) is 0 Å². The van der Waals surface area contributed by atoms with Crippen molar-refractivity contribution in [2.45, 2.75) is 45.3 Å². The van der Waals surface area contributed by atoms with Gasteiger partial charge in [-0.05, 0) is 0 Å². The molecule has 1 fully saturated rings. The molecule has 0 N–H and O–H groups in total. The van der Waals surface area contributed by atoms with Gasteiger partial charge in [0.05, 0.1) is 6.61 Å². The second-order valence-corrected chi connectivity index (χ2v) is 4.34. The maximum atomic E-state index is 13.8. The highest BCUT2D eigenvalue weighted by Crippen LogP contribution is 2.24. The van der Waals surface area contributed by atoms with Gasteiger partial charge in [-0.25, -0.2) is 4.39 Å². The molecular formula is C12H17FO7. The Kier molecular flexibility index (Phi) is 5.87. The van der Waals surface area contributed by atoms with Crippen LogP contribution < -0.4 is 0 Å². The van der Waals surface area contributed by atoms with Gasteiger partial charge in [0.1, 0.15) is 12.7 Å². The van der Waals surface area contributed by atoms with Crippen molar-refractivity contribution in [1.82, 2.24) is 0 Å². The molecular weight excluding hydrogens is 275 g/mol. The summed E-state index contributed by atoms with van der Waals surface area (Å²) >= 11 is 0. The normalized spacial score (nSPS) is 29.4. The highest BCUT2D eigenvalue weighted by atomic mass is 19.1. The number of ether oxygens (including phenoxy) is 4. The highest BCUT2D eigenvalue weighted by molar-refractivity contribution is 5.67. The molecule has 20 heavy (non-hydrogen) atoms. The molecule has 7 nitrogen and oxygen atoms in total. The van der Waals surface area contributed by atoms with Crippen LogP contribution in [0.3, 0.4) is 0 Å². The third-order valence-corrected chi connectivity index (χ3v) is 2.57. The third kappa shape index (κ3) is 4.76. The minimum atomic E-state index is -1.63. The largest absolute Gasteiger partial charge is 0.463 e. The Morgan fingerprint density at radius 3 is 2.10 bits per heavy atom. The molecule has 1 rings (SSSR count). The van der Waals surface area contributed by atoms with E-state index in [0.29, 0.717) is 0 Å². The Labute approximate surface area is 115 Å². The van der Waals surface area contributed by atoms with Crippen LogP contribution in [0.5, 0.6) is 0 Å². The molecule has 1 heterocycles. The maximum Gasteiger partial charge on any atom is 0.303 e. The summed E-state index contributed by atoms with van der Waals surface area (Å²) in [6.07, 6.45) is -4.97. The van der Waals surface area contributed by atoms with E-state index in [1.165, 1.54) is 6.92 Å². The number of carbonyl (C=O) groups excluding carboxylic acids is 3. The summed E-state index contributed by atoms with van der Waals surface area (Å²) in [5.41, 5.74) is 0. The van der Waals surface area contributed by atoms with Crippen molar-refractivity contribution in [3.8, 4) is 0 Å². The van der Waals surface area contributed by atoms with Gasteiger partial charge >= 0.3 is 17.9 Å². The summed E-state index contributed by atoms with van der Waals surface area (Å²) in [4.78, 5) is 32.9. The zero-order chi connectivity index (χ0) is 15.3. The van der Waals surface area contributed by atoms with Gasteiger partial charge < -0.3 is 18.9 Å². The molecule has 0 radical (unpaired) electrons. The predicted molar refractivity (Wildman–Crippen MR) is 62.4 cm³/mol. The molecule has 114 valence electrons. The summed E-state index contributed by atoms with van der Waals surface area (Å²) in [5.74, 6) is -1.94. The second kappa shape index (κ2) is 7.18. The van der Waals surface area contributed by atoms with Crippen LogP contribution in [-0.2, 0) is 33.3 Å². The molecule has 0 spiro atoms. The molecule has 8 heteroatoms. The van der Waals surface area contributed by atoms with Crippen LogP contribution >= 0.6 is 0 Å². The lowest BCUT2D eigenvalue weighted by Crippen LogP contribution is -2.56. The van der Waals surface area contributed by atoms with E-state index in [9.17, 15) is 18.8 Å². The third-order valence-electron chi connectivity index (χ3n) is 2.57. The van der Waals surface area contributed by atoms with E-state index < -0.39 is 42.4 Å². The van der Waals surface area contributed by atoms with E-state index in [-0.39, 0.29) is 13.2 Å². The Bertz CT molecular complexity index is 384. The van der Waals surface area contributed by atoms with Crippen LogP contribution in [0, 0.1) is 0 Å². The van der Waals surface area contributed by atoms with Gasteiger partial charge in [0.15, 0.2) is 18.4 Å². The van der Waals surface area contributed by atoms with Gasteiger partial charge in [0.25, 0.3) is 0 Å². The van der Waals surface area contributed by atoms with Crippen molar-refractivity contribution in [2.75, 3.05) is 13.2 Å². The molecule has 1 aliphatic heterocycles. The lowest BCUT2D eigenvalue weighted by molar-refractivity contribution is -0.215. The predicted octanol–water partition coefficient (Wildman–Crippen LogP) is 0.150. The zero-order valence-corrected chi connectivity index (χ0v) is 11.5. The Hall–Kier alpha value is -1.70. The van der Waals surface area contributed by atoms with Crippen molar-refractivity contribution in [2.24, 2.45) is 0 Å². The summed E-state index contributed by atoms with van der Waals surface area (Å²) in [5, 5.41) is 0. The molecule has 0 aliphatic carbocycles. The minimum absolute atomic E-state index is 0.224. The summed E-state index contributed by atoms with van der Waals surface area (Å²) in [6.45, 7) is 2.88. The number of alkyl halides is 1. The smallest absolute Gasteiger partial charge is 0.303 e. The van der Waals surface area contributed by atoms with Gasteiger partial charge in [0.2, 0.25) is 0 Å². The lowest BCUT2D eigenvalue weighted by atomic mass is 10.0. The van der Waals surface area contributed by atoms with E-state index in [1.54, 1.807) is 0 Å². The molecule has 1 saturated heterocycles. The molecule has 0 unspecified atom stereocenters. The van der Waals surface area contributed by atoms with Crippen molar-refractivity contribution < 1.29 is 37.7 Å². The Morgan fingerprint density at radius 1 is 1.05 bits per heavy atom. The summed E-state index contributed by atoms with van der Waals surface area (Å²) in [6, 6.07) is 0. The number of hydrogen-bond donors (Lipinski definition) is 0. The number of esters is 3. The average molecular weight is 292 g/mol. The van der Waals surface area contributed by atoms with Crippen LogP contribution in [0.1, 0.15) is 20.8 Å². The van der Waals surface area contributed by atoms with E-state index in [1.807, 2.05) is 0 Å². The van der Waals surface area contributed by atoms with E-state index in [0.717, 1.165) is 13.8 Å². The van der Waals surface area contributed by atoms with Crippen LogP contribution in [0.15, 0.2) is 0 Å². The molecule has 0 bridgehead atoms. The molecule has 0 aromatic carbocycles. The fourth-order valence-electron chi connectivity index (χ4n) is 1.83. The SMILES string of the molecule is CC(=O)OC[C@H]1OC[C@@H](F)[C@@H](OC(C)=O)[C@@H]1OC(C)=O. The Morgan fingerprint density at radius 2 is 1.60 bits per heavy atom. The highest BCUT2D eigenvalue weighted by Gasteiger charge is 2.45. The standard InChI is InChI=1S/C12H17FO7/c1-6(14)17-5-10-12(20-8(3)16)11(19-7(2)15)9(13)4-18-10/h9-12H,4-5H2,1-3H3/t9-,10-,11-,12-/m1/s1. The fraction of sp³-hybridized carbons (Fsp3) is 0.750. The first-order chi connectivity index (χ1) is 9.31. The van der Waals surface area contributed by atoms with Crippen LogP contribution in [0.4, 0.5) is 4.39 Å². The lowest BCUT2D eigenvalue weighted by Gasteiger charge is -2.37. The van der Waals surface area contributed by atoms with Crippen molar-refractivity contribution >= 4 is 17.9 Å². The van der Waals surface area contributed by atoms with Crippen molar-refractivity contribution in [3.63, 3.8) is 0 Å². The number of carbonyl (C=O) groups is 3. The van der Waals surface area contributed by atoms with E-state index >= 15 is 0 Å². The fourth-order valence-corrected chi connectivity index (χ4v) is 1.83. The minimum Gasteiger partial charge on any atom is -0.463 e. The monoisotopic (exact) mass is 292 g/mol. The van der Waals surface area contributed by atoms with Gasteiger partial charge in [-0.1, -0.05) is 0 Å². The summed E-state index contributed by atoms with van der Waals surface area (Å²) < 4.78 is 33.5. The molecule has 0 amide bonds. The van der Waals surface area contributed by atoms with Gasteiger partial charge in [-0.3, -0.25) is 14.4 Å². The molecule has 1 aliphatic rings. The average Bonchev–Trinajstić information content (AvgIpc) is 2.31. The van der Waals surface area contributed by atoms with Gasteiger partial charge in [-0.2, -0.15) is 0 Å². The molecule has 0 saturated carbocycles. The zero-order valence-electron chi connectivity index (χ0n) is 11.5. The Balaban J connectivity index is 2.83. The van der Waals surface area contributed by atoms with Crippen molar-refractivity contribution in [3.05, 3.63) is 0 Å². The number of halogens is 1. The van der Waals surface area contributed by atoms with Crippen LogP contribution in [0.25, 0.3) is 0 Å². The first-order valence-corrected chi connectivity index (χ1v) is 6.04. The molecule has 0 aromatic heterocycles. The van der Waals surface area contributed by atoms with Crippen LogP contribution in [0.2, 0.25) is 0 Å². The van der Waals surface area contributed by atoms with Crippen LogP contribution in [-0.4, -0.2) is 55.6 Å². The number of rotatable bonds is 4. The molecule has 0 aromatic rings. The quantitative estimate of drug-likeness (QED) is 0.538. The van der Waals surface area contributed by atoms with Crippen molar-refractivity contribution in [1.29, 1.82) is 0 Å². The van der Waals surface area contributed by atoms with Gasteiger partial charge in [0, 0.05) is 20.8 Å².